The van der Waals surface area contributed by atoms with Crippen molar-refractivity contribution >= 4 is 16.6 Å². The second kappa shape index (κ2) is 4.48. The van der Waals surface area contributed by atoms with Crippen LogP contribution in [0.4, 0.5) is 0 Å². The Morgan fingerprint density at radius 3 is 2.60 bits per heavy atom. The summed E-state index contributed by atoms with van der Waals surface area (Å²) >= 11 is 2.26. The molecule has 1 aromatic carbocycles. The summed E-state index contributed by atoms with van der Waals surface area (Å²) in [6.07, 6.45) is 0. The fraction of sp³-hybridized carbons (Fsp3) is 0.0833. The fourth-order valence-corrected chi connectivity index (χ4v) is 1.68. The number of aromatic nitrogens is 1. The number of rotatable bonds is 2. The highest BCUT2D eigenvalue weighted by atomic mass is 27.1. The predicted octanol–water partition coefficient (Wildman–Crippen LogP) is 2.52. The van der Waals surface area contributed by atoms with Gasteiger partial charge >= 0.3 is 16.6 Å². The minimum atomic E-state index is 0.820. The van der Waals surface area contributed by atoms with Crippen LogP contribution in [0.3, 0.4) is 0 Å². The number of pyridine rings is 1. The number of nitrogens with zero attached hydrogens (tertiary/aromatic N) is 1. The molecule has 1 aromatic heterocycles. The summed E-state index contributed by atoms with van der Waals surface area (Å²) in [4.78, 5) is 4.46. The first kappa shape index (κ1) is 10.2. The largest absolute Gasteiger partial charge is 0.653 e. The SMILES string of the molecule is Cc1cccc(-c2ccccc2[O][Al])n1. The van der Waals surface area contributed by atoms with E-state index in [-0.39, 0.29) is 0 Å². The molecule has 0 unspecified atom stereocenters. The van der Waals surface area contributed by atoms with Crippen LogP contribution in [0.2, 0.25) is 0 Å². The zero-order chi connectivity index (χ0) is 10.7. The summed E-state index contributed by atoms with van der Waals surface area (Å²) in [5.41, 5.74) is 2.95. The summed E-state index contributed by atoms with van der Waals surface area (Å²) in [6, 6.07) is 13.8. The van der Waals surface area contributed by atoms with Gasteiger partial charge in [-0.2, -0.15) is 0 Å². The molecule has 0 aliphatic rings. The molecule has 0 fully saturated rings. The number of hydrogen-bond donors (Lipinski definition) is 0. The number of hydrogen-bond acceptors (Lipinski definition) is 2. The van der Waals surface area contributed by atoms with Crippen molar-refractivity contribution in [3.63, 3.8) is 0 Å². The lowest BCUT2D eigenvalue weighted by Crippen LogP contribution is -1.91. The van der Waals surface area contributed by atoms with E-state index in [1.807, 2.05) is 49.4 Å². The lowest BCUT2D eigenvalue weighted by Gasteiger charge is -2.09. The van der Waals surface area contributed by atoms with Crippen LogP contribution in [-0.4, -0.2) is 21.6 Å². The highest BCUT2D eigenvalue weighted by Crippen LogP contribution is 2.27. The Labute approximate surface area is 97.7 Å². The Morgan fingerprint density at radius 2 is 1.87 bits per heavy atom. The Bertz CT molecular complexity index is 471. The third-order valence-electron chi connectivity index (χ3n) is 2.18. The van der Waals surface area contributed by atoms with Gasteiger partial charge in [0, 0.05) is 11.3 Å². The average Bonchev–Trinajstić information content (AvgIpc) is 2.29. The van der Waals surface area contributed by atoms with Crippen molar-refractivity contribution in [2.75, 3.05) is 0 Å². The molecular formula is C12H10AlNO. The molecule has 1 heterocycles. The van der Waals surface area contributed by atoms with E-state index in [9.17, 15) is 0 Å². The van der Waals surface area contributed by atoms with Crippen molar-refractivity contribution in [3.8, 4) is 17.0 Å². The third kappa shape index (κ3) is 2.20. The Balaban J connectivity index is 2.53. The molecule has 72 valence electrons. The quantitative estimate of drug-likeness (QED) is 0.712. The van der Waals surface area contributed by atoms with Gasteiger partial charge in [0.05, 0.1) is 11.4 Å². The molecule has 3 heteroatoms. The van der Waals surface area contributed by atoms with Crippen molar-refractivity contribution in [1.82, 2.24) is 4.98 Å². The third-order valence-corrected chi connectivity index (χ3v) is 2.43. The standard InChI is InChI=1S/C12H11NO.Al/c1-9-5-4-7-11(13-9)10-6-2-3-8-12(10)14;/h2-8,14H,1H3;/q;+1/p-1. The molecule has 2 nitrogen and oxygen atoms in total. The molecule has 0 aliphatic heterocycles. The summed E-state index contributed by atoms with van der Waals surface area (Å²) in [7, 11) is 0. The summed E-state index contributed by atoms with van der Waals surface area (Å²) < 4.78 is 5.22. The van der Waals surface area contributed by atoms with E-state index in [1.165, 1.54) is 0 Å². The number of para-hydroxylation sites is 1. The molecule has 0 aliphatic carbocycles. The lowest BCUT2D eigenvalue weighted by atomic mass is 10.1. The summed E-state index contributed by atoms with van der Waals surface area (Å²) in [6.45, 7) is 1.98. The van der Waals surface area contributed by atoms with Gasteiger partial charge in [-0.15, -0.1) is 0 Å². The summed E-state index contributed by atoms with van der Waals surface area (Å²) in [5, 5.41) is 0. The molecule has 0 N–H and O–H groups in total. The summed E-state index contributed by atoms with van der Waals surface area (Å²) in [5.74, 6) is 0.820. The van der Waals surface area contributed by atoms with Gasteiger partial charge < -0.3 is 3.79 Å². The van der Waals surface area contributed by atoms with E-state index >= 15 is 0 Å². The zero-order valence-electron chi connectivity index (χ0n) is 8.47. The molecule has 2 radical (unpaired) electrons. The van der Waals surface area contributed by atoms with E-state index in [1.54, 1.807) is 0 Å². The first-order valence-electron chi connectivity index (χ1n) is 4.71. The minimum Gasteiger partial charge on any atom is -0.653 e. The van der Waals surface area contributed by atoms with E-state index in [0.29, 0.717) is 0 Å². The van der Waals surface area contributed by atoms with Crippen molar-refractivity contribution < 1.29 is 3.79 Å². The molecule has 0 saturated carbocycles. The fourth-order valence-electron chi connectivity index (χ4n) is 1.47. The van der Waals surface area contributed by atoms with Crippen LogP contribution in [0, 0.1) is 6.92 Å². The number of benzene rings is 1. The van der Waals surface area contributed by atoms with Gasteiger partial charge in [-0.05, 0) is 31.2 Å². The van der Waals surface area contributed by atoms with Crippen LogP contribution in [0.5, 0.6) is 5.75 Å². The van der Waals surface area contributed by atoms with Crippen molar-refractivity contribution in [2.45, 2.75) is 6.92 Å². The maximum atomic E-state index is 5.22. The van der Waals surface area contributed by atoms with Gasteiger partial charge in [-0.25, -0.2) is 0 Å². The highest BCUT2D eigenvalue weighted by molar-refractivity contribution is 6.00. The Morgan fingerprint density at radius 1 is 1.07 bits per heavy atom. The first-order valence-corrected chi connectivity index (χ1v) is 5.18. The van der Waals surface area contributed by atoms with Crippen molar-refractivity contribution in [3.05, 3.63) is 48.2 Å². The van der Waals surface area contributed by atoms with Crippen LogP contribution >= 0.6 is 0 Å². The Kier molecular flexibility index (Phi) is 3.06. The molecule has 0 spiro atoms. The van der Waals surface area contributed by atoms with Gasteiger partial charge in [0.2, 0.25) is 0 Å². The second-order valence-electron chi connectivity index (χ2n) is 3.28. The normalized spacial score (nSPS) is 9.93. The maximum Gasteiger partial charge on any atom is 0.482 e. The zero-order valence-corrected chi connectivity index (χ0v) is 9.63. The van der Waals surface area contributed by atoms with Crippen LogP contribution in [-0.2, 0) is 0 Å². The predicted molar refractivity (Wildman–Crippen MR) is 60.8 cm³/mol. The maximum absolute atomic E-state index is 5.22. The first-order chi connectivity index (χ1) is 7.31. The number of aryl methyl sites for hydroxylation is 1. The van der Waals surface area contributed by atoms with Gasteiger partial charge in [0.25, 0.3) is 0 Å². The monoisotopic (exact) mass is 211 g/mol. The van der Waals surface area contributed by atoms with E-state index in [4.69, 9.17) is 3.79 Å². The molecule has 0 bridgehead atoms. The van der Waals surface area contributed by atoms with Gasteiger partial charge in [0.15, 0.2) is 0 Å². The van der Waals surface area contributed by atoms with Crippen molar-refractivity contribution in [2.24, 2.45) is 0 Å². The smallest absolute Gasteiger partial charge is 0.482 e. The van der Waals surface area contributed by atoms with E-state index < -0.39 is 0 Å². The molecule has 15 heavy (non-hydrogen) atoms. The van der Waals surface area contributed by atoms with Crippen LogP contribution in [0.25, 0.3) is 11.3 Å². The molecular weight excluding hydrogens is 201 g/mol. The van der Waals surface area contributed by atoms with Gasteiger partial charge in [0.1, 0.15) is 0 Å². The average molecular weight is 211 g/mol. The van der Waals surface area contributed by atoms with Crippen LogP contribution in [0.1, 0.15) is 5.69 Å². The molecule has 2 aromatic rings. The lowest BCUT2D eigenvalue weighted by molar-refractivity contribution is 0.618. The molecule has 0 atom stereocenters. The van der Waals surface area contributed by atoms with E-state index in [2.05, 4.69) is 21.6 Å². The highest BCUT2D eigenvalue weighted by Gasteiger charge is 2.04. The molecule has 0 saturated heterocycles. The topological polar surface area (TPSA) is 22.1 Å². The van der Waals surface area contributed by atoms with E-state index in [0.717, 1.165) is 22.7 Å². The van der Waals surface area contributed by atoms with Crippen LogP contribution in [0.15, 0.2) is 42.5 Å². The van der Waals surface area contributed by atoms with Gasteiger partial charge in [-0.3, -0.25) is 4.98 Å². The molecule has 0 amide bonds. The Hall–Kier alpha value is -1.30. The minimum absolute atomic E-state index is 0.820. The molecule has 2 rings (SSSR count). The van der Waals surface area contributed by atoms with Gasteiger partial charge in [-0.1, -0.05) is 18.2 Å². The van der Waals surface area contributed by atoms with Crippen molar-refractivity contribution in [1.29, 1.82) is 0 Å². The van der Waals surface area contributed by atoms with Crippen LogP contribution < -0.4 is 3.79 Å². The second-order valence-corrected chi connectivity index (χ2v) is 3.51.